The third-order valence-electron chi connectivity index (χ3n) is 3.45. The molecule has 0 atom stereocenters. The van der Waals surface area contributed by atoms with Gasteiger partial charge in [0.05, 0.1) is 8.07 Å². The van der Waals surface area contributed by atoms with Crippen LogP contribution in [0.4, 0.5) is 0 Å². The van der Waals surface area contributed by atoms with E-state index < -0.39 is 8.07 Å². The molecular weight excluding hydrogens is 475 g/mol. The first-order valence-corrected chi connectivity index (χ1v) is 9.76. The molecule has 0 aliphatic heterocycles. The van der Waals surface area contributed by atoms with Crippen molar-refractivity contribution in [1.29, 1.82) is 0 Å². The van der Waals surface area contributed by atoms with Crippen LogP contribution in [0.2, 0.25) is 13.1 Å². The maximum absolute atomic E-state index is 3.46. The first kappa shape index (κ1) is 27.0. The Balaban J connectivity index is -0.000000389. The van der Waals surface area contributed by atoms with E-state index in [2.05, 4.69) is 73.8 Å². The van der Waals surface area contributed by atoms with E-state index in [1.807, 2.05) is 12.2 Å². The Morgan fingerprint density at radius 1 is 0.913 bits per heavy atom. The minimum atomic E-state index is -1.43. The molecular formula is C21H29PtSi-5. The molecule has 0 N–H and O–H groups in total. The third-order valence-corrected chi connectivity index (χ3v) is 6.92. The molecule has 1 aromatic rings. The molecule has 0 amide bonds. The second-order valence-corrected chi connectivity index (χ2v) is 9.56. The summed E-state index contributed by atoms with van der Waals surface area (Å²) in [7, 11) is -1.43. The fourth-order valence-electron chi connectivity index (χ4n) is 2.18. The van der Waals surface area contributed by atoms with Crippen molar-refractivity contribution in [1.82, 2.24) is 0 Å². The predicted molar refractivity (Wildman–Crippen MR) is 105 cm³/mol. The average Bonchev–Trinajstić information content (AvgIpc) is 3.15. The first-order valence-electron chi connectivity index (χ1n) is 6.76. The second kappa shape index (κ2) is 13.5. The second-order valence-electron chi connectivity index (χ2n) is 5.19. The van der Waals surface area contributed by atoms with Crippen LogP contribution in [0.3, 0.4) is 0 Å². The van der Waals surface area contributed by atoms with Crippen LogP contribution in [0.15, 0.2) is 65.9 Å². The molecule has 3 rings (SSSR count). The van der Waals surface area contributed by atoms with E-state index in [-0.39, 0.29) is 43.3 Å². The first-order chi connectivity index (χ1) is 9.21. The monoisotopic (exact) mass is 504 g/mol. The van der Waals surface area contributed by atoms with Gasteiger partial charge in [-0.05, 0) is 0 Å². The number of rotatable bonds is 2. The van der Waals surface area contributed by atoms with Crippen molar-refractivity contribution in [3.8, 4) is 0 Å². The molecule has 2 heteroatoms. The maximum Gasteiger partial charge on any atom is 0.0754 e. The minimum absolute atomic E-state index is 0. The Morgan fingerprint density at radius 2 is 1.57 bits per heavy atom. The van der Waals surface area contributed by atoms with Gasteiger partial charge >= 0.3 is 0 Å². The summed E-state index contributed by atoms with van der Waals surface area (Å²) in [5, 5.41) is 2.94. The van der Waals surface area contributed by atoms with Crippen LogP contribution < -0.4 is 5.19 Å². The Bertz CT molecular complexity index is 512. The Morgan fingerprint density at radius 3 is 1.96 bits per heavy atom. The number of hydrogen-bond acceptors (Lipinski definition) is 0. The van der Waals surface area contributed by atoms with E-state index in [4.69, 9.17) is 0 Å². The Labute approximate surface area is 160 Å². The van der Waals surface area contributed by atoms with Crippen molar-refractivity contribution in [2.75, 3.05) is 0 Å². The van der Waals surface area contributed by atoms with Crippen molar-refractivity contribution in [3.05, 3.63) is 100 Å². The maximum atomic E-state index is 3.46. The van der Waals surface area contributed by atoms with Crippen LogP contribution in [0.25, 0.3) is 0 Å². The van der Waals surface area contributed by atoms with Gasteiger partial charge in [-0.15, -0.1) is 12.8 Å². The molecule has 0 nitrogen and oxygen atoms in total. The van der Waals surface area contributed by atoms with E-state index >= 15 is 0 Å². The average molecular weight is 505 g/mol. The minimum Gasteiger partial charge on any atom is -0.358 e. The van der Waals surface area contributed by atoms with Gasteiger partial charge in [-0.25, -0.2) is 23.4 Å². The van der Waals surface area contributed by atoms with E-state index in [1.165, 1.54) is 10.4 Å². The van der Waals surface area contributed by atoms with Crippen LogP contribution in [0.5, 0.6) is 0 Å². The zero-order valence-electron chi connectivity index (χ0n) is 15.0. The molecule has 0 unspecified atom stereocenters. The summed E-state index contributed by atoms with van der Waals surface area (Å²) in [5.41, 5.74) is 0. The van der Waals surface area contributed by atoms with Gasteiger partial charge < -0.3 is 22.3 Å². The molecule has 1 aromatic carbocycles. The van der Waals surface area contributed by atoms with E-state index in [0.29, 0.717) is 0 Å². The summed E-state index contributed by atoms with van der Waals surface area (Å²) >= 11 is 0. The molecule has 2 aliphatic rings. The van der Waals surface area contributed by atoms with Crippen LogP contribution in [0, 0.1) is 34.4 Å². The van der Waals surface area contributed by atoms with Crippen LogP contribution in [0.1, 0.15) is 12.8 Å². The number of allylic oxidation sites excluding steroid dienone is 8. The molecule has 0 bridgehead atoms. The van der Waals surface area contributed by atoms with Crippen LogP contribution in [-0.2, 0) is 21.1 Å². The number of benzene rings is 1. The van der Waals surface area contributed by atoms with Gasteiger partial charge in [-0.3, -0.25) is 12.2 Å². The predicted octanol–water partition coefficient (Wildman–Crippen LogP) is 5.48. The zero-order chi connectivity index (χ0) is 13.6. The Hall–Kier alpha value is -0.915. The van der Waals surface area contributed by atoms with E-state index in [0.717, 1.165) is 12.8 Å². The summed E-state index contributed by atoms with van der Waals surface area (Å²) in [6.07, 6.45) is 18.9. The van der Waals surface area contributed by atoms with Gasteiger partial charge in [0.2, 0.25) is 0 Å². The normalized spacial score (nSPS) is 13.4. The van der Waals surface area contributed by atoms with Gasteiger partial charge in [-0.1, -0.05) is 48.6 Å². The smallest absolute Gasteiger partial charge is 0.0754 e. The fourth-order valence-corrected chi connectivity index (χ4v) is 4.60. The van der Waals surface area contributed by atoms with Crippen LogP contribution in [-0.4, -0.2) is 8.07 Å². The van der Waals surface area contributed by atoms with Crippen molar-refractivity contribution in [3.63, 3.8) is 0 Å². The van der Waals surface area contributed by atoms with E-state index in [1.54, 1.807) is 0 Å². The summed E-state index contributed by atoms with van der Waals surface area (Å²) in [4.78, 5) is 0. The molecule has 0 spiro atoms. The topological polar surface area (TPSA) is 0 Å². The molecule has 0 aromatic heterocycles. The molecule has 23 heavy (non-hydrogen) atoms. The molecule has 0 radical (unpaired) electrons. The van der Waals surface area contributed by atoms with Crippen molar-refractivity contribution < 1.29 is 21.1 Å². The largest absolute Gasteiger partial charge is 0.358 e. The molecule has 132 valence electrons. The van der Waals surface area contributed by atoms with Crippen molar-refractivity contribution in [2.45, 2.75) is 25.9 Å². The van der Waals surface area contributed by atoms with Gasteiger partial charge in [0, 0.05) is 21.1 Å². The van der Waals surface area contributed by atoms with Gasteiger partial charge in [0.15, 0.2) is 0 Å². The molecule has 0 heterocycles. The Kier molecular flexibility index (Phi) is 15.8. The van der Waals surface area contributed by atoms with Crippen molar-refractivity contribution in [2.24, 2.45) is 0 Å². The SMILES string of the molecule is C[Si](C)(C1=[C-]CC=C1)c1ccccc1.[C-]1=CC=CC1.[CH3-].[CH3-].[CH3-].[Pt]. The third kappa shape index (κ3) is 7.95. The standard InChI is InChI=1S/C13H15Si.C5H5.3CH3.Pt/c1-14(2,13-10-6-7-11-13)12-8-4-3-5-9-12;1-2-4-5-3-1;;;;/h3-6,8-10H,7H2,1-2H3;1-3H,4H2;3*1H3;/q5*-1;. The zero-order valence-corrected chi connectivity index (χ0v) is 18.3. The summed E-state index contributed by atoms with van der Waals surface area (Å²) in [6.45, 7) is 4.78. The van der Waals surface area contributed by atoms with Gasteiger partial charge in [-0.2, -0.15) is 12.2 Å². The molecule has 0 saturated heterocycles. The van der Waals surface area contributed by atoms with Crippen LogP contribution >= 0.6 is 0 Å². The quantitative estimate of drug-likeness (QED) is 0.369. The van der Waals surface area contributed by atoms with Gasteiger partial charge in [0.25, 0.3) is 0 Å². The summed E-state index contributed by atoms with van der Waals surface area (Å²) < 4.78 is 0. The fraction of sp³-hybridized carbons (Fsp3) is 0.190. The van der Waals surface area contributed by atoms with E-state index in [9.17, 15) is 0 Å². The molecule has 2 aliphatic carbocycles. The number of hydrogen-bond donors (Lipinski definition) is 0. The van der Waals surface area contributed by atoms with Gasteiger partial charge in [0.1, 0.15) is 0 Å². The summed E-state index contributed by atoms with van der Waals surface area (Å²) in [6, 6.07) is 10.8. The summed E-state index contributed by atoms with van der Waals surface area (Å²) in [5.74, 6) is 0. The molecule has 0 fully saturated rings. The molecule has 0 saturated carbocycles. The van der Waals surface area contributed by atoms with Crippen molar-refractivity contribution >= 4 is 13.3 Å².